The third-order valence-corrected chi connectivity index (χ3v) is 6.43. The van der Waals surface area contributed by atoms with Gasteiger partial charge in [-0.1, -0.05) is 54.2 Å². The van der Waals surface area contributed by atoms with Crippen molar-refractivity contribution >= 4 is 22.8 Å². The topological polar surface area (TPSA) is 77.7 Å². The van der Waals surface area contributed by atoms with Crippen molar-refractivity contribution in [2.75, 3.05) is 12.9 Å². The van der Waals surface area contributed by atoms with E-state index in [-0.39, 0.29) is 5.69 Å². The van der Waals surface area contributed by atoms with Gasteiger partial charge in [-0.15, -0.1) is 10.2 Å². The van der Waals surface area contributed by atoms with Gasteiger partial charge in [0.1, 0.15) is 5.75 Å². The number of nitrogens with zero attached hydrogens (tertiary/aromatic N) is 4. The summed E-state index contributed by atoms with van der Waals surface area (Å²) in [6.07, 6.45) is 0.822. The fourth-order valence-corrected chi connectivity index (χ4v) is 4.71. The molecule has 0 aliphatic rings. The summed E-state index contributed by atoms with van der Waals surface area (Å²) in [5, 5.41) is 9.80. The lowest BCUT2D eigenvalue weighted by Gasteiger charge is -2.11. The molecular weight excluding hydrogens is 434 g/mol. The van der Waals surface area contributed by atoms with Crippen LogP contribution in [-0.2, 0) is 6.54 Å². The van der Waals surface area contributed by atoms with Gasteiger partial charge in [-0.3, -0.25) is 9.13 Å². The molecule has 0 saturated carbocycles. The summed E-state index contributed by atoms with van der Waals surface area (Å²) >= 11 is 1.63. The van der Waals surface area contributed by atoms with Crippen LogP contribution >= 0.6 is 11.8 Å². The number of nitrogens with one attached hydrogen (secondary N) is 1. The highest BCUT2D eigenvalue weighted by molar-refractivity contribution is 7.99. The number of benzene rings is 3. The lowest BCUT2D eigenvalue weighted by atomic mass is 10.2. The quantitative estimate of drug-likeness (QED) is 0.268. The van der Waals surface area contributed by atoms with E-state index in [9.17, 15) is 4.79 Å². The van der Waals surface area contributed by atoms with E-state index in [1.807, 2.05) is 78.9 Å². The number of aromatic nitrogens is 5. The van der Waals surface area contributed by atoms with Crippen molar-refractivity contribution in [2.45, 2.75) is 18.1 Å². The van der Waals surface area contributed by atoms with Crippen molar-refractivity contribution in [3.63, 3.8) is 0 Å². The highest BCUT2D eigenvalue weighted by Crippen LogP contribution is 2.30. The van der Waals surface area contributed by atoms with E-state index in [1.165, 1.54) is 0 Å². The Hall–Kier alpha value is -3.78. The minimum absolute atomic E-state index is 0.0750. The largest absolute Gasteiger partial charge is 0.497 e. The number of aromatic amines is 1. The number of ether oxygens (including phenoxy) is 1. The molecule has 0 aliphatic heterocycles. The molecule has 0 atom stereocenters. The molecule has 8 heteroatoms. The number of H-pyrrole nitrogens is 1. The Morgan fingerprint density at radius 2 is 1.79 bits per heavy atom. The Morgan fingerprint density at radius 3 is 2.64 bits per heavy atom. The molecule has 1 N–H and O–H groups in total. The minimum Gasteiger partial charge on any atom is -0.497 e. The molecule has 7 nitrogen and oxygen atoms in total. The summed E-state index contributed by atoms with van der Waals surface area (Å²) in [6.45, 7) is 0.637. The molecular formula is C25H23N5O2S. The Bertz CT molecular complexity index is 1440. The van der Waals surface area contributed by atoms with Gasteiger partial charge in [0.2, 0.25) is 0 Å². The van der Waals surface area contributed by atoms with Crippen LogP contribution in [0.1, 0.15) is 6.42 Å². The van der Waals surface area contributed by atoms with Gasteiger partial charge in [0.05, 0.1) is 18.1 Å². The molecule has 0 amide bonds. The van der Waals surface area contributed by atoms with Gasteiger partial charge in [-0.2, -0.15) is 0 Å². The van der Waals surface area contributed by atoms with E-state index in [4.69, 9.17) is 4.74 Å². The van der Waals surface area contributed by atoms with Crippen molar-refractivity contribution in [2.24, 2.45) is 0 Å². The summed E-state index contributed by atoms with van der Waals surface area (Å²) in [7, 11) is 1.65. The molecule has 5 rings (SSSR count). The van der Waals surface area contributed by atoms with Gasteiger partial charge in [-0.05, 0) is 42.8 Å². The van der Waals surface area contributed by atoms with Gasteiger partial charge >= 0.3 is 5.69 Å². The molecule has 0 bridgehead atoms. The van der Waals surface area contributed by atoms with Crippen LogP contribution in [0, 0.1) is 0 Å². The van der Waals surface area contributed by atoms with Crippen molar-refractivity contribution in [3.8, 4) is 22.8 Å². The van der Waals surface area contributed by atoms with Crippen molar-refractivity contribution in [1.29, 1.82) is 0 Å². The van der Waals surface area contributed by atoms with Crippen LogP contribution in [0.4, 0.5) is 0 Å². The molecule has 2 aromatic heterocycles. The van der Waals surface area contributed by atoms with Gasteiger partial charge in [0.15, 0.2) is 11.0 Å². The fourth-order valence-electron chi connectivity index (χ4n) is 3.84. The normalized spacial score (nSPS) is 11.2. The zero-order valence-corrected chi connectivity index (χ0v) is 19.0. The van der Waals surface area contributed by atoms with Gasteiger partial charge < -0.3 is 9.72 Å². The molecule has 33 heavy (non-hydrogen) atoms. The van der Waals surface area contributed by atoms with Crippen LogP contribution in [0.3, 0.4) is 0 Å². The number of hydrogen-bond acceptors (Lipinski definition) is 5. The molecule has 0 spiro atoms. The molecule has 0 saturated heterocycles. The minimum atomic E-state index is -0.0750. The first-order valence-corrected chi connectivity index (χ1v) is 11.7. The standard InChI is InChI=1S/C25H23N5O2S/c1-32-20-12-7-9-18(17-20)23-27-28-25(30(23)19-10-3-2-4-11-19)33-16-8-15-29-22-14-6-5-13-21(22)26-24(29)31/h2-7,9-14,17H,8,15-16H2,1H3,(H,26,31). The zero-order chi connectivity index (χ0) is 22.6. The second-order valence-corrected chi connectivity index (χ2v) is 8.57. The second-order valence-electron chi connectivity index (χ2n) is 7.51. The highest BCUT2D eigenvalue weighted by Gasteiger charge is 2.16. The van der Waals surface area contributed by atoms with E-state index in [0.717, 1.165) is 51.2 Å². The predicted octanol–water partition coefficient (Wildman–Crippen LogP) is 4.77. The number of fused-ring (bicyclic) bond motifs is 1. The third-order valence-electron chi connectivity index (χ3n) is 5.41. The van der Waals surface area contributed by atoms with Crippen LogP contribution in [0.15, 0.2) is 88.8 Å². The number of rotatable bonds is 8. The first kappa shape index (κ1) is 21.1. The number of hydrogen-bond donors (Lipinski definition) is 1. The zero-order valence-electron chi connectivity index (χ0n) is 18.1. The average Bonchev–Trinajstić information content (AvgIpc) is 3.43. The molecule has 5 aromatic rings. The Morgan fingerprint density at radius 1 is 0.970 bits per heavy atom. The summed E-state index contributed by atoms with van der Waals surface area (Å²) in [5.41, 5.74) is 3.65. The SMILES string of the molecule is COc1cccc(-c2nnc(SCCCn3c(=O)[nH]c4ccccc43)n2-c2ccccc2)c1. The Kier molecular flexibility index (Phi) is 5.99. The van der Waals surface area contributed by atoms with Crippen molar-refractivity contribution in [3.05, 3.63) is 89.3 Å². The maximum atomic E-state index is 12.3. The maximum Gasteiger partial charge on any atom is 0.326 e. The third kappa shape index (κ3) is 4.29. The van der Waals surface area contributed by atoms with E-state index in [0.29, 0.717) is 6.54 Å². The smallest absolute Gasteiger partial charge is 0.326 e. The van der Waals surface area contributed by atoms with Crippen LogP contribution < -0.4 is 10.4 Å². The fraction of sp³-hybridized carbons (Fsp3) is 0.160. The molecule has 0 unspecified atom stereocenters. The van der Waals surface area contributed by atoms with Crippen LogP contribution in [0.2, 0.25) is 0 Å². The number of methoxy groups -OCH3 is 1. The first-order chi connectivity index (χ1) is 16.2. The molecule has 2 heterocycles. The number of aryl methyl sites for hydroxylation is 1. The molecule has 0 radical (unpaired) electrons. The first-order valence-electron chi connectivity index (χ1n) is 10.7. The van der Waals surface area contributed by atoms with E-state index in [1.54, 1.807) is 23.4 Å². The highest BCUT2D eigenvalue weighted by atomic mass is 32.2. The number of para-hydroxylation sites is 3. The number of thioether (sulfide) groups is 1. The lowest BCUT2D eigenvalue weighted by Crippen LogP contribution is -2.17. The predicted molar refractivity (Wildman–Crippen MR) is 131 cm³/mol. The van der Waals surface area contributed by atoms with Crippen LogP contribution in [-0.4, -0.2) is 37.2 Å². The van der Waals surface area contributed by atoms with Crippen molar-refractivity contribution < 1.29 is 4.74 Å². The molecule has 0 fully saturated rings. The summed E-state index contributed by atoms with van der Waals surface area (Å²) < 4.78 is 9.25. The van der Waals surface area contributed by atoms with Crippen LogP contribution in [0.5, 0.6) is 5.75 Å². The monoisotopic (exact) mass is 457 g/mol. The molecule has 3 aromatic carbocycles. The van der Waals surface area contributed by atoms with E-state index in [2.05, 4.69) is 19.7 Å². The van der Waals surface area contributed by atoms with E-state index < -0.39 is 0 Å². The second kappa shape index (κ2) is 9.38. The molecule has 0 aliphatic carbocycles. The Labute approximate surface area is 195 Å². The van der Waals surface area contributed by atoms with Gasteiger partial charge in [0.25, 0.3) is 0 Å². The Balaban J connectivity index is 1.38. The van der Waals surface area contributed by atoms with Crippen molar-refractivity contribution in [1.82, 2.24) is 24.3 Å². The van der Waals surface area contributed by atoms with Crippen LogP contribution in [0.25, 0.3) is 28.1 Å². The summed E-state index contributed by atoms with van der Waals surface area (Å²) in [5.74, 6) is 2.33. The summed E-state index contributed by atoms with van der Waals surface area (Å²) in [6, 6.07) is 25.7. The molecule has 166 valence electrons. The average molecular weight is 458 g/mol. The lowest BCUT2D eigenvalue weighted by molar-refractivity contribution is 0.415. The maximum absolute atomic E-state index is 12.3. The number of imidazole rings is 1. The van der Waals surface area contributed by atoms with Gasteiger partial charge in [-0.25, -0.2) is 4.79 Å². The summed E-state index contributed by atoms with van der Waals surface area (Å²) in [4.78, 5) is 15.2. The van der Waals surface area contributed by atoms with Gasteiger partial charge in [0, 0.05) is 23.5 Å². The van der Waals surface area contributed by atoms with E-state index >= 15 is 0 Å².